The number of anilines is 1. The maximum absolute atomic E-state index is 13.1. The normalized spacial score (nSPS) is 26.1. The lowest BCUT2D eigenvalue weighted by molar-refractivity contribution is -0.123. The van der Waals surface area contributed by atoms with Crippen molar-refractivity contribution in [3.05, 3.63) is 65.7 Å². The maximum Gasteiger partial charge on any atom is 0.238 e. The van der Waals surface area contributed by atoms with Crippen molar-refractivity contribution in [1.82, 2.24) is 4.98 Å². The fourth-order valence-corrected chi connectivity index (χ4v) is 7.25. The van der Waals surface area contributed by atoms with Crippen LogP contribution in [0.1, 0.15) is 17.5 Å². The van der Waals surface area contributed by atoms with Gasteiger partial charge in [-0.05, 0) is 48.1 Å². The molecule has 1 aromatic heterocycles. The first kappa shape index (κ1) is 18.8. The molecule has 2 bridgehead atoms. The number of nitrogens with zero attached hydrogens (tertiary/aromatic N) is 3. The number of thiazole rings is 1. The lowest BCUT2D eigenvalue weighted by Gasteiger charge is -2.17. The van der Waals surface area contributed by atoms with E-state index in [0.717, 1.165) is 26.5 Å². The highest BCUT2D eigenvalue weighted by Crippen LogP contribution is 2.53. The lowest BCUT2D eigenvalue weighted by atomic mass is 9.85. The Bertz CT molecular complexity index is 1290. The van der Waals surface area contributed by atoms with Crippen molar-refractivity contribution in [2.75, 3.05) is 4.90 Å². The van der Waals surface area contributed by atoms with Crippen LogP contribution in [0.3, 0.4) is 0 Å². The Kier molecular flexibility index (Phi) is 4.27. The highest BCUT2D eigenvalue weighted by Gasteiger charge is 2.59. The molecule has 3 aromatic rings. The minimum atomic E-state index is -0.189. The van der Waals surface area contributed by atoms with Gasteiger partial charge in [0.2, 0.25) is 11.8 Å². The average Bonchev–Trinajstić information content (AvgIpc) is 3.55. The van der Waals surface area contributed by atoms with E-state index in [-0.39, 0.29) is 35.5 Å². The summed E-state index contributed by atoms with van der Waals surface area (Å²) in [6.07, 6.45) is 5.16. The average molecular weight is 444 g/mol. The molecule has 2 aliphatic carbocycles. The molecule has 2 heterocycles. The van der Waals surface area contributed by atoms with Crippen molar-refractivity contribution >= 4 is 50.8 Å². The number of aromatic nitrogens is 1. The van der Waals surface area contributed by atoms with Crippen molar-refractivity contribution in [2.24, 2.45) is 23.7 Å². The zero-order valence-electron chi connectivity index (χ0n) is 16.4. The molecule has 5 nitrogen and oxygen atoms in total. The number of rotatable bonds is 4. The number of nitriles is 1. The van der Waals surface area contributed by atoms with Crippen LogP contribution in [0.4, 0.5) is 5.69 Å². The van der Waals surface area contributed by atoms with Crippen LogP contribution in [0.2, 0.25) is 0 Å². The van der Waals surface area contributed by atoms with E-state index in [9.17, 15) is 14.9 Å². The number of thioether (sulfide) groups is 1. The molecule has 3 aliphatic rings. The summed E-state index contributed by atoms with van der Waals surface area (Å²) in [5.41, 5.74) is 3.16. The third-order valence-corrected chi connectivity index (χ3v) is 8.78. The number of carbonyl (C=O) groups excluding carboxylic acids is 2. The van der Waals surface area contributed by atoms with Crippen LogP contribution in [0.25, 0.3) is 10.2 Å². The van der Waals surface area contributed by atoms with Crippen molar-refractivity contribution in [3.8, 4) is 6.07 Å². The van der Waals surface area contributed by atoms with E-state index in [2.05, 4.69) is 23.2 Å². The van der Waals surface area contributed by atoms with Crippen LogP contribution in [0, 0.1) is 35.0 Å². The second-order valence-electron chi connectivity index (χ2n) is 8.20. The van der Waals surface area contributed by atoms with E-state index >= 15 is 0 Å². The van der Waals surface area contributed by atoms with Gasteiger partial charge in [0.25, 0.3) is 0 Å². The van der Waals surface area contributed by atoms with Gasteiger partial charge in [-0.2, -0.15) is 5.26 Å². The number of imide groups is 1. The van der Waals surface area contributed by atoms with Crippen LogP contribution in [-0.2, 0) is 15.3 Å². The summed E-state index contributed by atoms with van der Waals surface area (Å²) >= 11 is 3.14. The third-order valence-electron chi connectivity index (χ3n) is 6.57. The van der Waals surface area contributed by atoms with Gasteiger partial charge in [0.15, 0.2) is 4.34 Å². The quantitative estimate of drug-likeness (QED) is 0.330. The molecule has 2 amide bonds. The predicted octanol–water partition coefficient (Wildman–Crippen LogP) is 4.77. The second-order valence-corrected chi connectivity index (χ2v) is 10.5. The van der Waals surface area contributed by atoms with Crippen molar-refractivity contribution in [1.29, 1.82) is 5.26 Å². The predicted molar refractivity (Wildman–Crippen MR) is 121 cm³/mol. The highest BCUT2D eigenvalue weighted by molar-refractivity contribution is 8.00. The van der Waals surface area contributed by atoms with Gasteiger partial charge in [-0.1, -0.05) is 42.1 Å². The minimum Gasteiger partial charge on any atom is -0.274 e. The summed E-state index contributed by atoms with van der Waals surface area (Å²) in [6, 6.07) is 15.4. The molecule has 2 aromatic carbocycles. The van der Waals surface area contributed by atoms with E-state index in [0.29, 0.717) is 17.0 Å². The molecule has 0 spiro atoms. The fourth-order valence-electron chi connectivity index (χ4n) is 5.14. The molecule has 31 heavy (non-hydrogen) atoms. The summed E-state index contributed by atoms with van der Waals surface area (Å²) in [6.45, 7) is 0. The van der Waals surface area contributed by atoms with Crippen LogP contribution in [-0.4, -0.2) is 16.8 Å². The number of amides is 2. The largest absolute Gasteiger partial charge is 0.274 e. The van der Waals surface area contributed by atoms with Gasteiger partial charge in [0, 0.05) is 5.75 Å². The van der Waals surface area contributed by atoms with Gasteiger partial charge >= 0.3 is 0 Å². The molecule has 6 rings (SSSR count). The van der Waals surface area contributed by atoms with Crippen LogP contribution in [0.5, 0.6) is 0 Å². The summed E-state index contributed by atoms with van der Waals surface area (Å²) in [5.74, 6) is 0.595. The Labute approximate surface area is 187 Å². The van der Waals surface area contributed by atoms with E-state index in [1.165, 1.54) is 4.90 Å². The standard InChI is InChI=1S/C24H17N3O2S2/c25-11-15-3-1-2-4-16(15)12-30-24-26-18-8-7-17(10-19(18)31-24)27-22(28)20-13-5-6-14(9-13)21(20)23(27)29/h1-8,10,13-14,20-21H,9,12H2/t13-,14-,20+,21+/m0/s1. The summed E-state index contributed by atoms with van der Waals surface area (Å²) < 4.78 is 1.85. The Morgan fingerprint density at radius 1 is 1.10 bits per heavy atom. The summed E-state index contributed by atoms with van der Waals surface area (Å²) in [5, 5.41) is 9.27. The molecule has 1 aliphatic heterocycles. The Morgan fingerprint density at radius 3 is 2.58 bits per heavy atom. The first-order valence-corrected chi connectivity index (χ1v) is 12.0. The van der Waals surface area contributed by atoms with E-state index in [1.807, 2.05) is 42.5 Å². The van der Waals surface area contributed by atoms with Crippen molar-refractivity contribution in [2.45, 2.75) is 16.5 Å². The van der Waals surface area contributed by atoms with E-state index in [1.54, 1.807) is 23.1 Å². The molecule has 0 N–H and O–H groups in total. The molecular formula is C24H17N3O2S2. The molecule has 1 saturated carbocycles. The number of hydrogen-bond acceptors (Lipinski definition) is 6. The Hall–Kier alpha value is -2.95. The number of allylic oxidation sites excluding steroid dienone is 2. The second kappa shape index (κ2) is 7.04. The van der Waals surface area contributed by atoms with Crippen LogP contribution < -0.4 is 4.90 Å². The van der Waals surface area contributed by atoms with Crippen LogP contribution in [0.15, 0.2) is 59.0 Å². The first-order valence-electron chi connectivity index (χ1n) is 10.2. The Balaban J connectivity index is 1.26. The van der Waals surface area contributed by atoms with Crippen molar-refractivity contribution in [3.63, 3.8) is 0 Å². The topological polar surface area (TPSA) is 74.1 Å². The van der Waals surface area contributed by atoms with Crippen molar-refractivity contribution < 1.29 is 9.59 Å². The number of fused-ring (bicyclic) bond motifs is 6. The molecule has 7 heteroatoms. The Morgan fingerprint density at radius 2 is 1.84 bits per heavy atom. The van der Waals surface area contributed by atoms with Gasteiger partial charge in [-0.15, -0.1) is 11.3 Å². The summed E-state index contributed by atoms with van der Waals surface area (Å²) in [7, 11) is 0. The first-order chi connectivity index (χ1) is 15.1. The number of carbonyl (C=O) groups is 2. The molecule has 0 radical (unpaired) electrons. The zero-order chi connectivity index (χ0) is 21.1. The van der Waals surface area contributed by atoms with Gasteiger partial charge < -0.3 is 0 Å². The van der Waals surface area contributed by atoms with Gasteiger partial charge in [-0.25, -0.2) is 9.88 Å². The molecular weight excluding hydrogens is 426 g/mol. The molecule has 0 unspecified atom stereocenters. The molecule has 4 atom stereocenters. The van der Waals surface area contributed by atoms with Crippen LogP contribution >= 0.6 is 23.1 Å². The van der Waals surface area contributed by atoms with E-state index < -0.39 is 0 Å². The number of benzene rings is 2. The monoisotopic (exact) mass is 443 g/mol. The van der Waals surface area contributed by atoms with Gasteiger partial charge in [-0.3, -0.25) is 9.59 Å². The molecule has 152 valence electrons. The van der Waals surface area contributed by atoms with Gasteiger partial charge in [0.1, 0.15) is 0 Å². The number of hydrogen-bond donors (Lipinski definition) is 0. The smallest absolute Gasteiger partial charge is 0.238 e. The fraction of sp³-hybridized carbons (Fsp3) is 0.250. The third kappa shape index (κ3) is 2.86. The van der Waals surface area contributed by atoms with E-state index in [4.69, 9.17) is 0 Å². The zero-order valence-corrected chi connectivity index (χ0v) is 18.0. The highest BCUT2D eigenvalue weighted by atomic mass is 32.2. The molecule has 2 fully saturated rings. The summed E-state index contributed by atoms with van der Waals surface area (Å²) in [4.78, 5) is 32.2. The van der Waals surface area contributed by atoms with Gasteiger partial charge in [0.05, 0.1) is 39.4 Å². The minimum absolute atomic E-state index is 0.0570. The molecule has 1 saturated heterocycles. The maximum atomic E-state index is 13.1. The lowest BCUT2D eigenvalue weighted by Crippen LogP contribution is -2.32. The SMILES string of the molecule is N#Cc1ccccc1CSc1nc2ccc(N3C(=O)[C@H]4[C@H](C3=O)[C@H]3C=C[C@H]4C3)cc2s1.